The lowest BCUT2D eigenvalue weighted by Gasteiger charge is -2.56. The fourth-order valence-electron chi connectivity index (χ4n) is 5.22. The molecular weight excluding hydrogens is 475 g/mol. The van der Waals surface area contributed by atoms with Gasteiger partial charge in [-0.1, -0.05) is 5.16 Å². The molecular formula is C21H20F3N5O6. The zero-order chi connectivity index (χ0) is 25.2. The van der Waals surface area contributed by atoms with E-state index in [2.05, 4.69) is 15.8 Å². The van der Waals surface area contributed by atoms with Crippen molar-refractivity contribution in [1.29, 1.82) is 0 Å². The number of barbiturate groups is 1. The predicted molar refractivity (Wildman–Crippen MR) is 111 cm³/mol. The molecule has 1 spiro atoms. The van der Waals surface area contributed by atoms with Crippen molar-refractivity contribution in [3.8, 4) is 0 Å². The van der Waals surface area contributed by atoms with E-state index in [1.807, 2.05) is 5.32 Å². The average Bonchev–Trinajstić information content (AvgIpc) is 3.20. The smallest absolute Gasteiger partial charge is 0.328 e. The van der Waals surface area contributed by atoms with Crippen molar-refractivity contribution in [2.24, 2.45) is 5.41 Å². The molecule has 35 heavy (non-hydrogen) atoms. The number of nitrogens with one attached hydrogen (secondary N) is 3. The molecule has 14 heteroatoms. The Morgan fingerprint density at radius 1 is 1.23 bits per heavy atom. The third kappa shape index (κ3) is 3.34. The summed E-state index contributed by atoms with van der Waals surface area (Å²) in [6, 6.07) is 0.710. The number of hydrogen-bond acceptors (Lipinski definition) is 8. The fourth-order valence-corrected chi connectivity index (χ4v) is 5.22. The maximum absolute atomic E-state index is 15.6. The Kier molecular flexibility index (Phi) is 5.23. The Balaban J connectivity index is 1.68. The molecule has 186 valence electrons. The fraction of sp³-hybridized carbons (Fsp3) is 0.476. The quantitative estimate of drug-likeness (QED) is 0.423. The number of rotatable bonds is 3. The number of urea groups is 1. The lowest BCUT2D eigenvalue weighted by Crippen LogP contribution is -2.76. The number of carbonyl (C=O) groups is 4. The second kappa shape index (κ2) is 7.93. The summed E-state index contributed by atoms with van der Waals surface area (Å²) in [6.45, 7) is 2.20. The van der Waals surface area contributed by atoms with Crippen LogP contribution in [0.3, 0.4) is 0 Å². The molecule has 2 saturated heterocycles. The van der Waals surface area contributed by atoms with E-state index in [9.17, 15) is 28.0 Å². The highest BCUT2D eigenvalue weighted by Crippen LogP contribution is 2.49. The first-order valence-electron chi connectivity index (χ1n) is 10.8. The van der Waals surface area contributed by atoms with Gasteiger partial charge >= 0.3 is 6.03 Å². The van der Waals surface area contributed by atoms with Crippen molar-refractivity contribution >= 4 is 40.4 Å². The summed E-state index contributed by atoms with van der Waals surface area (Å²) in [5, 5.41) is 10.0. The molecule has 3 N–H and O–H groups in total. The third-order valence-electron chi connectivity index (χ3n) is 6.65. The van der Waals surface area contributed by atoms with Crippen LogP contribution in [0, 0.1) is 5.41 Å². The number of fused-ring (bicyclic) bond motifs is 5. The van der Waals surface area contributed by atoms with Gasteiger partial charge in [0.25, 0.3) is 12.3 Å². The Labute approximate surface area is 195 Å². The maximum atomic E-state index is 15.6. The van der Waals surface area contributed by atoms with Crippen LogP contribution in [0.5, 0.6) is 0 Å². The monoisotopic (exact) mass is 495 g/mol. The molecule has 2 fully saturated rings. The molecule has 3 aliphatic rings. The highest BCUT2D eigenvalue weighted by Gasteiger charge is 2.64. The first-order valence-corrected chi connectivity index (χ1v) is 10.8. The standard InChI is InChI=1S/C21H20F3N5O6/c1-7-15-21(18(31)26-20(33)27-19(21)32)5-9-3-10-12(4-11(9)29(15)16(24)8(2)34-7)35-28-14(10)17(30)25-6-13(22)23/h3-4,7-8,13,15-16H,5-6H2,1-2H3,(H,25,30)(H2,26,27,31,32,33)/t7-,8+,15+,16?/m1/s1. The van der Waals surface area contributed by atoms with Crippen LogP contribution in [0.4, 0.5) is 23.7 Å². The van der Waals surface area contributed by atoms with Gasteiger partial charge in [0.2, 0.25) is 11.8 Å². The minimum absolute atomic E-state index is 0.0763. The first kappa shape index (κ1) is 23.1. The molecule has 4 heterocycles. The van der Waals surface area contributed by atoms with E-state index in [0.717, 1.165) is 0 Å². The molecule has 0 radical (unpaired) electrons. The lowest BCUT2D eigenvalue weighted by molar-refractivity contribution is -0.159. The summed E-state index contributed by atoms with van der Waals surface area (Å²) in [5.41, 5.74) is -1.56. The van der Waals surface area contributed by atoms with Crippen LogP contribution in [0.25, 0.3) is 11.0 Å². The number of hydrogen-bond donors (Lipinski definition) is 3. The molecule has 0 saturated carbocycles. The summed E-state index contributed by atoms with van der Waals surface area (Å²) in [4.78, 5) is 51.7. The molecule has 0 aliphatic carbocycles. The van der Waals surface area contributed by atoms with Crippen LogP contribution in [0.1, 0.15) is 29.9 Å². The number of amides is 5. The van der Waals surface area contributed by atoms with Gasteiger partial charge in [-0.15, -0.1) is 0 Å². The number of ether oxygens (including phenoxy) is 1. The number of imide groups is 2. The van der Waals surface area contributed by atoms with E-state index in [1.165, 1.54) is 24.0 Å². The number of anilines is 1. The highest BCUT2D eigenvalue weighted by molar-refractivity contribution is 6.20. The molecule has 1 aromatic heterocycles. The lowest BCUT2D eigenvalue weighted by atomic mass is 9.66. The molecule has 2 aromatic rings. The van der Waals surface area contributed by atoms with Gasteiger partial charge in [0.15, 0.2) is 23.0 Å². The van der Waals surface area contributed by atoms with Gasteiger partial charge in [-0.2, -0.15) is 0 Å². The van der Waals surface area contributed by atoms with E-state index in [0.29, 0.717) is 5.56 Å². The summed E-state index contributed by atoms with van der Waals surface area (Å²) in [5.74, 6) is -2.74. The summed E-state index contributed by atoms with van der Waals surface area (Å²) >= 11 is 0. The molecule has 11 nitrogen and oxygen atoms in total. The van der Waals surface area contributed by atoms with Crippen molar-refractivity contribution in [3.05, 3.63) is 23.4 Å². The molecule has 5 rings (SSSR count). The van der Waals surface area contributed by atoms with Crippen LogP contribution in [0.2, 0.25) is 0 Å². The number of benzene rings is 1. The van der Waals surface area contributed by atoms with Crippen molar-refractivity contribution in [2.75, 3.05) is 11.4 Å². The van der Waals surface area contributed by atoms with E-state index in [1.54, 1.807) is 6.92 Å². The molecule has 5 amide bonds. The summed E-state index contributed by atoms with van der Waals surface area (Å²) < 4.78 is 51.6. The minimum atomic E-state index is -2.78. The van der Waals surface area contributed by atoms with Gasteiger partial charge in [0.1, 0.15) is 6.10 Å². The van der Waals surface area contributed by atoms with Crippen LogP contribution < -0.4 is 20.9 Å². The van der Waals surface area contributed by atoms with Gasteiger partial charge in [-0.25, -0.2) is 18.0 Å². The molecule has 1 aromatic carbocycles. The van der Waals surface area contributed by atoms with E-state index >= 15 is 4.39 Å². The molecule has 0 bridgehead atoms. The number of alkyl halides is 3. The minimum Gasteiger partial charge on any atom is -0.368 e. The van der Waals surface area contributed by atoms with Crippen molar-refractivity contribution in [3.63, 3.8) is 0 Å². The Morgan fingerprint density at radius 3 is 2.57 bits per heavy atom. The molecule has 1 unspecified atom stereocenters. The van der Waals surface area contributed by atoms with Crippen LogP contribution in [0.15, 0.2) is 16.7 Å². The number of morpholine rings is 1. The van der Waals surface area contributed by atoms with Gasteiger partial charge in [0, 0.05) is 11.8 Å². The predicted octanol–water partition coefficient (Wildman–Crippen LogP) is 1.01. The van der Waals surface area contributed by atoms with Gasteiger partial charge in [-0.3, -0.25) is 25.0 Å². The maximum Gasteiger partial charge on any atom is 0.328 e. The van der Waals surface area contributed by atoms with Crippen molar-refractivity contribution in [1.82, 2.24) is 21.1 Å². The van der Waals surface area contributed by atoms with Gasteiger partial charge < -0.3 is 19.5 Å². The zero-order valence-electron chi connectivity index (χ0n) is 18.4. The SMILES string of the molecule is C[C@@H]1O[C@H](C)[C@@H]2N(c3cc4onc(C(=O)NCC(F)F)c4cc3CC23C(=O)NC(=O)NC3=O)C1F. The van der Waals surface area contributed by atoms with Gasteiger partial charge in [0.05, 0.1) is 24.1 Å². The normalized spacial score (nSPS) is 27.5. The topological polar surface area (TPSA) is 143 Å². The summed E-state index contributed by atoms with van der Waals surface area (Å²) in [7, 11) is 0. The van der Waals surface area contributed by atoms with Crippen LogP contribution in [-0.2, 0) is 20.7 Å². The van der Waals surface area contributed by atoms with Crippen molar-refractivity contribution in [2.45, 2.75) is 51.2 Å². The number of nitrogens with zero attached hydrogens (tertiary/aromatic N) is 2. The largest absolute Gasteiger partial charge is 0.368 e. The average molecular weight is 495 g/mol. The van der Waals surface area contributed by atoms with E-state index in [4.69, 9.17) is 9.26 Å². The highest BCUT2D eigenvalue weighted by atomic mass is 19.3. The molecule has 3 aliphatic heterocycles. The first-order chi connectivity index (χ1) is 16.5. The second-order valence-corrected chi connectivity index (χ2v) is 8.77. The van der Waals surface area contributed by atoms with Crippen LogP contribution in [-0.4, -0.2) is 66.4 Å². The second-order valence-electron chi connectivity index (χ2n) is 8.77. The number of carbonyl (C=O) groups excluding carboxylic acids is 4. The Hall–Kier alpha value is -3.68. The zero-order valence-corrected chi connectivity index (χ0v) is 18.4. The van der Waals surface area contributed by atoms with Crippen molar-refractivity contribution < 1.29 is 41.6 Å². The third-order valence-corrected chi connectivity index (χ3v) is 6.65. The van der Waals surface area contributed by atoms with Crippen LogP contribution >= 0.6 is 0 Å². The number of aromatic nitrogens is 1. The Morgan fingerprint density at radius 2 is 1.91 bits per heavy atom. The van der Waals surface area contributed by atoms with E-state index < -0.39 is 66.7 Å². The molecule has 4 atom stereocenters. The number of halogens is 3. The summed E-state index contributed by atoms with van der Waals surface area (Å²) in [6.07, 6.45) is -6.54. The van der Waals surface area contributed by atoms with E-state index in [-0.39, 0.29) is 28.8 Å². The van der Waals surface area contributed by atoms with Gasteiger partial charge in [-0.05, 0) is 31.9 Å². The Bertz CT molecular complexity index is 1250.